The van der Waals surface area contributed by atoms with Crippen LogP contribution in [0.2, 0.25) is 0 Å². The molecule has 0 saturated heterocycles. The average molecular weight is 321 g/mol. The predicted molar refractivity (Wildman–Crippen MR) is 108 cm³/mol. The molecule has 1 aromatic rings. The molecule has 0 aromatic heterocycles. The van der Waals surface area contributed by atoms with Gasteiger partial charge in [0, 0.05) is 0 Å². The van der Waals surface area contributed by atoms with Crippen molar-refractivity contribution >= 4 is 13.3 Å². The van der Waals surface area contributed by atoms with Crippen molar-refractivity contribution in [3.05, 3.63) is 42.0 Å². The summed E-state index contributed by atoms with van der Waals surface area (Å²) in [6.45, 7) is 10.9. The first kappa shape index (κ1) is 19.4. The van der Waals surface area contributed by atoms with Gasteiger partial charge < -0.3 is 0 Å². The Bertz CT molecular complexity index is 383. The summed E-state index contributed by atoms with van der Waals surface area (Å²) in [6, 6.07) is 9.17. The molecule has 22 heavy (non-hydrogen) atoms. The summed E-state index contributed by atoms with van der Waals surface area (Å²) in [6.07, 6.45) is 16.3. The number of unbranched alkanes of at least 4 members (excludes halogenated alkanes) is 3. The van der Waals surface area contributed by atoms with Gasteiger partial charge in [-0.1, -0.05) is 0 Å². The minimum absolute atomic E-state index is 1.15. The molecule has 0 spiro atoms. The second-order valence-corrected chi connectivity index (χ2v) is 11.8. The van der Waals surface area contributed by atoms with Crippen LogP contribution in [-0.2, 0) is 6.16 Å². The maximum absolute atomic E-state index is 3.87. The molecule has 0 fully saturated rings. The van der Waals surface area contributed by atoms with Gasteiger partial charge in [-0.15, -0.1) is 0 Å². The van der Waals surface area contributed by atoms with Crippen LogP contribution in [0, 0.1) is 0 Å². The molecule has 0 bridgehead atoms. The van der Waals surface area contributed by atoms with Gasteiger partial charge in [0.1, 0.15) is 0 Å². The molecule has 0 N–H and O–H groups in total. The van der Waals surface area contributed by atoms with Crippen LogP contribution in [0.1, 0.15) is 70.4 Å². The summed E-state index contributed by atoms with van der Waals surface area (Å²) in [5.74, 6) is 0. The van der Waals surface area contributed by atoms with E-state index < -0.39 is 7.26 Å². The van der Waals surface area contributed by atoms with E-state index in [-0.39, 0.29) is 0 Å². The van der Waals surface area contributed by atoms with Crippen LogP contribution in [-0.4, -0.2) is 18.5 Å². The Morgan fingerprint density at radius 1 is 0.818 bits per heavy atom. The van der Waals surface area contributed by atoms with E-state index in [1.165, 1.54) is 68.7 Å². The van der Waals surface area contributed by atoms with Crippen LogP contribution in [0.25, 0.3) is 6.08 Å². The molecule has 0 aliphatic rings. The third-order valence-electron chi connectivity index (χ3n) is 4.98. The topological polar surface area (TPSA) is 0 Å². The molecule has 0 aliphatic heterocycles. The molecular formula is C21H37P. The van der Waals surface area contributed by atoms with Crippen molar-refractivity contribution in [1.29, 1.82) is 0 Å². The van der Waals surface area contributed by atoms with E-state index in [1.807, 2.05) is 6.08 Å². The molecule has 0 aliphatic carbocycles. The molecule has 0 heterocycles. The van der Waals surface area contributed by atoms with Crippen molar-refractivity contribution in [3.63, 3.8) is 0 Å². The Hall–Kier alpha value is -0.610. The van der Waals surface area contributed by atoms with Gasteiger partial charge >= 0.3 is 139 Å². The molecule has 0 unspecified atom stereocenters. The number of hydrogen-bond acceptors (Lipinski definition) is 0. The van der Waals surface area contributed by atoms with Crippen LogP contribution in [0.4, 0.5) is 0 Å². The van der Waals surface area contributed by atoms with E-state index in [0.717, 1.165) is 0 Å². The fourth-order valence-corrected chi connectivity index (χ4v) is 9.19. The second kappa shape index (κ2) is 11.0. The molecule has 1 heteroatoms. The van der Waals surface area contributed by atoms with Crippen molar-refractivity contribution in [1.82, 2.24) is 0 Å². The molecule has 0 amide bonds. The summed E-state index contributed by atoms with van der Waals surface area (Å²) in [5, 5.41) is 0. The zero-order valence-electron chi connectivity index (χ0n) is 15.2. The van der Waals surface area contributed by atoms with Gasteiger partial charge in [0.25, 0.3) is 0 Å². The zero-order chi connectivity index (χ0) is 16.3. The third kappa shape index (κ3) is 6.66. The van der Waals surface area contributed by atoms with Crippen molar-refractivity contribution in [2.45, 2.75) is 65.5 Å². The van der Waals surface area contributed by atoms with Crippen molar-refractivity contribution in [3.8, 4) is 0 Å². The van der Waals surface area contributed by atoms with Crippen LogP contribution in [0.3, 0.4) is 0 Å². The Morgan fingerprint density at radius 3 is 1.64 bits per heavy atom. The summed E-state index contributed by atoms with van der Waals surface area (Å²) in [5.41, 5.74) is 2.81. The predicted octanol–water partition coefficient (Wildman–Crippen LogP) is 6.98. The summed E-state index contributed by atoms with van der Waals surface area (Å²) >= 11 is 0. The number of hydrogen-bond donors (Lipinski definition) is 0. The van der Waals surface area contributed by atoms with Gasteiger partial charge in [0.2, 0.25) is 0 Å². The van der Waals surface area contributed by atoms with E-state index >= 15 is 0 Å². The first-order valence-corrected chi connectivity index (χ1v) is 12.2. The zero-order valence-corrected chi connectivity index (χ0v) is 16.2. The van der Waals surface area contributed by atoms with E-state index in [9.17, 15) is 0 Å². The SMILES string of the molecule is C=Cc1ccc(C[PH](CCCC)(CCCC)CCCC)cc1. The number of rotatable bonds is 12. The quantitative estimate of drug-likeness (QED) is 0.364. The van der Waals surface area contributed by atoms with Gasteiger partial charge in [0.05, 0.1) is 0 Å². The van der Waals surface area contributed by atoms with Gasteiger partial charge in [0.15, 0.2) is 0 Å². The van der Waals surface area contributed by atoms with Gasteiger partial charge in [-0.2, -0.15) is 0 Å². The molecule has 0 atom stereocenters. The van der Waals surface area contributed by atoms with Crippen LogP contribution in [0.5, 0.6) is 0 Å². The van der Waals surface area contributed by atoms with Gasteiger partial charge in [-0.25, -0.2) is 0 Å². The molecule has 0 radical (unpaired) electrons. The van der Waals surface area contributed by atoms with Gasteiger partial charge in [-0.05, 0) is 0 Å². The Kier molecular flexibility index (Phi) is 9.73. The normalized spacial score (nSPS) is 12.3. The number of benzene rings is 1. The monoisotopic (exact) mass is 320 g/mol. The van der Waals surface area contributed by atoms with Crippen LogP contribution >= 0.6 is 7.26 Å². The van der Waals surface area contributed by atoms with E-state index in [4.69, 9.17) is 0 Å². The van der Waals surface area contributed by atoms with E-state index in [1.54, 1.807) is 5.56 Å². The fraction of sp³-hybridized carbons (Fsp3) is 0.619. The maximum atomic E-state index is 3.87. The summed E-state index contributed by atoms with van der Waals surface area (Å²) in [4.78, 5) is 0. The first-order valence-electron chi connectivity index (χ1n) is 9.41. The summed E-state index contributed by atoms with van der Waals surface area (Å²) in [7, 11) is -1.15. The van der Waals surface area contributed by atoms with Gasteiger partial charge in [-0.3, -0.25) is 0 Å². The third-order valence-corrected chi connectivity index (χ3v) is 10.4. The second-order valence-electron chi connectivity index (χ2n) is 6.93. The molecule has 126 valence electrons. The molecule has 1 rings (SSSR count). The average Bonchev–Trinajstić information content (AvgIpc) is 2.56. The molecule has 0 saturated carbocycles. The van der Waals surface area contributed by atoms with E-state index in [0.29, 0.717) is 0 Å². The standard InChI is InChI=1S/C21H37P/c1-5-9-16-22(17-10-6-2,18-11-7-3)19-21-14-12-20(8-4)13-15-21/h8,12-15,22H,4-7,9-11,16-19H2,1-3H3. The Morgan fingerprint density at radius 2 is 1.27 bits per heavy atom. The molecule has 1 aromatic carbocycles. The molecule has 0 nitrogen and oxygen atoms in total. The van der Waals surface area contributed by atoms with Crippen molar-refractivity contribution in [2.24, 2.45) is 0 Å². The Labute approximate surface area is 139 Å². The summed E-state index contributed by atoms with van der Waals surface area (Å²) < 4.78 is 0. The Balaban J connectivity index is 2.89. The van der Waals surface area contributed by atoms with E-state index in [2.05, 4.69) is 51.6 Å². The van der Waals surface area contributed by atoms with Crippen molar-refractivity contribution in [2.75, 3.05) is 18.5 Å². The fourth-order valence-electron chi connectivity index (χ4n) is 3.50. The van der Waals surface area contributed by atoms with Crippen LogP contribution in [0.15, 0.2) is 30.8 Å². The first-order chi connectivity index (χ1) is 10.7. The van der Waals surface area contributed by atoms with Crippen molar-refractivity contribution < 1.29 is 0 Å². The molecular weight excluding hydrogens is 283 g/mol. The minimum atomic E-state index is -1.15. The van der Waals surface area contributed by atoms with Crippen LogP contribution < -0.4 is 0 Å².